The number of hydrogen-bond acceptors (Lipinski definition) is 4. The molecule has 144 valence electrons. The summed E-state index contributed by atoms with van der Waals surface area (Å²) in [5, 5.41) is 4.51. The first-order chi connectivity index (χ1) is 13.0. The van der Waals surface area contributed by atoms with Gasteiger partial charge in [0.05, 0.1) is 11.4 Å². The van der Waals surface area contributed by atoms with Gasteiger partial charge >= 0.3 is 5.97 Å². The van der Waals surface area contributed by atoms with Crippen molar-refractivity contribution >= 4 is 23.5 Å². The number of aryl methyl sites for hydroxylation is 1. The van der Waals surface area contributed by atoms with Crippen LogP contribution in [0.25, 0.3) is 5.69 Å². The second-order valence-corrected chi connectivity index (χ2v) is 7.08. The number of carbonyl (C=O) groups excluding carboxylic acids is 2. The molecule has 3 rings (SSSR count). The number of hydrogen-bond donors (Lipinski definition) is 0. The fourth-order valence-corrected chi connectivity index (χ4v) is 3.86. The number of aromatic nitrogens is 2. The van der Waals surface area contributed by atoms with Crippen LogP contribution in [-0.4, -0.2) is 45.8 Å². The van der Waals surface area contributed by atoms with Crippen molar-refractivity contribution in [2.75, 3.05) is 13.2 Å². The quantitative estimate of drug-likeness (QED) is 0.730. The van der Waals surface area contributed by atoms with Crippen molar-refractivity contribution in [2.24, 2.45) is 0 Å². The number of halogens is 1. The number of amides is 1. The lowest BCUT2D eigenvalue weighted by atomic mass is 10.00. The molecule has 1 aliphatic heterocycles. The lowest BCUT2D eigenvalue weighted by molar-refractivity contribution is -0.138. The van der Waals surface area contributed by atoms with Crippen molar-refractivity contribution in [3.8, 4) is 5.69 Å². The van der Waals surface area contributed by atoms with Crippen LogP contribution in [0.5, 0.6) is 0 Å². The minimum Gasteiger partial charge on any atom is -0.452 e. The smallest absolute Gasteiger partial charge is 0.343 e. The van der Waals surface area contributed by atoms with E-state index >= 15 is 0 Å². The second-order valence-electron chi connectivity index (χ2n) is 6.72. The molecule has 27 heavy (non-hydrogen) atoms. The molecule has 2 heterocycles. The molecule has 1 aromatic heterocycles. The van der Waals surface area contributed by atoms with Crippen molar-refractivity contribution in [2.45, 2.75) is 45.6 Å². The largest absolute Gasteiger partial charge is 0.452 e. The molecule has 0 bridgehead atoms. The van der Waals surface area contributed by atoms with Gasteiger partial charge in [-0.2, -0.15) is 5.10 Å². The molecule has 0 N–H and O–H groups in total. The van der Waals surface area contributed by atoms with E-state index in [0.717, 1.165) is 37.9 Å². The van der Waals surface area contributed by atoms with Crippen molar-refractivity contribution < 1.29 is 14.3 Å². The Morgan fingerprint density at radius 3 is 2.70 bits per heavy atom. The SMILES string of the molecule is CC[C@@H]1CCCCN1C(=O)COC(=O)c1c(C)nn(-c2ccccc2)c1Cl. The van der Waals surface area contributed by atoms with Gasteiger partial charge in [-0.3, -0.25) is 4.79 Å². The van der Waals surface area contributed by atoms with Crippen molar-refractivity contribution in [3.63, 3.8) is 0 Å². The standard InChI is InChI=1S/C20H24ClN3O3/c1-3-15-9-7-8-12-23(15)17(25)13-27-20(26)18-14(2)22-24(19(18)21)16-10-5-4-6-11-16/h4-6,10-11,15H,3,7-9,12-13H2,1-2H3/t15-/m1/s1. The third kappa shape index (κ3) is 4.16. The fourth-order valence-electron chi connectivity index (χ4n) is 3.51. The molecule has 6 nitrogen and oxygen atoms in total. The first-order valence-corrected chi connectivity index (χ1v) is 9.67. The molecule has 0 unspecified atom stereocenters. The molecule has 1 aliphatic rings. The normalized spacial score (nSPS) is 17.0. The lowest BCUT2D eigenvalue weighted by Gasteiger charge is -2.35. The van der Waals surface area contributed by atoms with Crippen LogP contribution >= 0.6 is 11.6 Å². The number of likely N-dealkylation sites (tertiary alicyclic amines) is 1. The van der Waals surface area contributed by atoms with E-state index in [9.17, 15) is 9.59 Å². The summed E-state index contributed by atoms with van der Waals surface area (Å²) in [5.74, 6) is -0.780. The van der Waals surface area contributed by atoms with Crippen LogP contribution in [0.4, 0.5) is 0 Å². The molecule has 7 heteroatoms. The molecule has 1 aromatic carbocycles. The molecular formula is C20H24ClN3O3. The minimum atomic E-state index is -0.627. The number of nitrogens with zero attached hydrogens (tertiary/aromatic N) is 3. The van der Waals surface area contributed by atoms with Gasteiger partial charge < -0.3 is 9.64 Å². The lowest BCUT2D eigenvalue weighted by Crippen LogP contribution is -2.45. The number of esters is 1. The van der Waals surface area contributed by atoms with Crippen LogP contribution in [0.1, 0.15) is 48.7 Å². The van der Waals surface area contributed by atoms with E-state index in [1.807, 2.05) is 35.2 Å². The van der Waals surface area contributed by atoms with Crippen molar-refractivity contribution in [1.29, 1.82) is 0 Å². The van der Waals surface area contributed by atoms with Crippen molar-refractivity contribution in [3.05, 3.63) is 46.7 Å². The fraction of sp³-hybridized carbons (Fsp3) is 0.450. The second kappa shape index (κ2) is 8.57. The number of carbonyl (C=O) groups is 2. The Morgan fingerprint density at radius 1 is 1.26 bits per heavy atom. The first kappa shape index (κ1) is 19.4. The predicted molar refractivity (Wildman–Crippen MR) is 103 cm³/mol. The molecule has 0 spiro atoms. The monoisotopic (exact) mass is 389 g/mol. The Kier molecular flexibility index (Phi) is 6.16. The predicted octanol–water partition coefficient (Wildman–Crippen LogP) is 3.78. The van der Waals surface area contributed by atoms with Crippen LogP contribution in [0, 0.1) is 6.92 Å². The van der Waals surface area contributed by atoms with Crippen LogP contribution in [-0.2, 0) is 9.53 Å². The van der Waals surface area contributed by atoms with Crippen LogP contribution in [0.3, 0.4) is 0 Å². The minimum absolute atomic E-state index is 0.154. The van der Waals surface area contributed by atoms with Crippen LogP contribution in [0.2, 0.25) is 5.15 Å². The number of para-hydroxylation sites is 1. The van der Waals surface area contributed by atoms with E-state index < -0.39 is 5.97 Å². The molecule has 2 aromatic rings. The van der Waals surface area contributed by atoms with Crippen LogP contribution < -0.4 is 0 Å². The highest BCUT2D eigenvalue weighted by Gasteiger charge is 2.27. The van der Waals surface area contributed by atoms with Gasteiger partial charge in [-0.25, -0.2) is 9.48 Å². The van der Waals surface area contributed by atoms with Gasteiger partial charge in [0, 0.05) is 12.6 Å². The topological polar surface area (TPSA) is 64.4 Å². The zero-order valence-electron chi connectivity index (χ0n) is 15.7. The van der Waals surface area contributed by atoms with E-state index in [2.05, 4.69) is 12.0 Å². The zero-order chi connectivity index (χ0) is 19.4. The summed E-state index contributed by atoms with van der Waals surface area (Å²) in [6.07, 6.45) is 4.04. The molecule has 1 atom stereocenters. The summed E-state index contributed by atoms with van der Waals surface area (Å²) in [7, 11) is 0. The molecule has 1 fully saturated rings. The molecule has 1 saturated heterocycles. The highest BCUT2D eigenvalue weighted by molar-refractivity contribution is 6.33. The Balaban J connectivity index is 1.70. The third-order valence-corrected chi connectivity index (χ3v) is 5.30. The van der Waals surface area contributed by atoms with Crippen molar-refractivity contribution in [1.82, 2.24) is 14.7 Å². The average Bonchev–Trinajstić information content (AvgIpc) is 3.00. The van der Waals surface area contributed by atoms with E-state index in [0.29, 0.717) is 5.69 Å². The summed E-state index contributed by atoms with van der Waals surface area (Å²) in [6.45, 7) is 4.22. The average molecular weight is 390 g/mol. The Bertz CT molecular complexity index is 819. The molecule has 0 saturated carbocycles. The molecule has 0 radical (unpaired) electrons. The summed E-state index contributed by atoms with van der Waals surface area (Å²) in [6, 6.07) is 9.54. The number of rotatable bonds is 5. The maximum atomic E-state index is 12.5. The van der Waals surface area contributed by atoms with Gasteiger partial charge in [-0.1, -0.05) is 36.7 Å². The van der Waals surface area contributed by atoms with E-state index in [4.69, 9.17) is 16.3 Å². The molecule has 0 aliphatic carbocycles. The van der Waals surface area contributed by atoms with E-state index in [-0.39, 0.29) is 29.3 Å². The van der Waals surface area contributed by atoms with E-state index in [1.54, 1.807) is 6.92 Å². The zero-order valence-corrected chi connectivity index (χ0v) is 16.4. The third-order valence-electron chi connectivity index (χ3n) is 4.95. The number of piperidine rings is 1. The van der Waals surface area contributed by atoms with Gasteiger partial charge in [-0.15, -0.1) is 0 Å². The van der Waals surface area contributed by atoms with Gasteiger partial charge in [0.1, 0.15) is 10.7 Å². The number of ether oxygens (including phenoxy) is 1. The summed E-state index contributed by atoms with van der Waals surface area (Å²) >= 11 is 6.37. The van der Waals surface area contributed by atoms with Gasteiger partial charge in [-0.05, 0) is 44.7 Å². The van der Waals surface area contributed by atoms with E-state index in [1.165, 1.54) is 4.68 Å². The van der Waals surface area contributed by atoms with Gasteiger partial charge in [0.15, 0.2) is 6.61 Å². The number of benzene rings is 1. The first-order valence-electron chi connectivity index (χ1n) is 9.30. The summed E-state index contributed by atoms with van der Waals surface area (Å²) < 4.78 is 6.77. The highest BCUT2D eigenvalue weighted by Crippen LogP contribution is 2.24. The van der Waals surface area contributed by atoms with Gasteiger partial charge in [0.2, 0.25) is 0 Å². The Hall–Kier alpha value is -2.34. The molecular weight excluding hydrogens is 366 g/mol. The maximum Gasteiger partial charge on any atom is 0.343 e. The summed E-state index contributed by atoms with van der Waals surface area (Å²) in [5.41, 5.74) is 1.41. The highest BCUT2D eigenvalue weighted by atomic mass is 35.5. The van der Waals surface area contributed by atoms with Gasteiger partial charge in [0.25, 0.3) is 5.91 Å². The molecule has 1 amide bonds. The van der Waals surface area contributed by atoms with Crippen LogP contribution in [0.15, 0.2) is 30.3 Å². The maximum absolute atomic E-state index is 12.5. The Morgan fingerprint density at radius 2 is 2.00 bits per heavy atom. The Labute approximate surface area is 164 Å². The summed E-state index contributed by atoms with van der Waals surface area (Å²) in [4.78, 5) is 26.9.